The lowest BCUT2D eigenvalue weighted by Gasteiger charge is -2.14. The monoisotopic (exact) mass is 386 g/mol. The van der Waals surface area contributed by atoms with Gasteiger partial charge in [0.2, 0.25) is 10.0 Å². The summed E-state index contributed by atoms with van der Waals surface area (Å²) in [5.41, 5.74) is 0.150. The molecule has 0 aromatic heterocycles. The largest absolute Gasteiger partial charge is 0.484 e. The summed E-state index contributed by atoms with van der Waals surface area (Å²) in [6.07, 6.45) is 0. The van der Waals surface area contributed by atoms with E-state index in [1.54, 1.807) is 0 Å². The molecule has 0 bridgehead atoms. The summed E-state index contributed by atoms with van der Waals surface area (Å²) in [6, 6.07) is 9.20. The maximum atomic E-state index is 12.8. The predicted octanol–water partition coefficient (Wildman–Crippen LogP) is 2.75. The van der Waals surface area contributed by atoms with Gasteiger partial charge >= 0.3 is 0 Å². The maximum absolute atomic E-state index is 12.8. The Morgan fingerprint density at radius 2 is 1.84 bits per heavy atom. The van der Waals surface area contributed by atoms with Crippen molar-refractivity contribution in [1.29, 1.82) is 0 Å². The van der Waals surface area contributed by atoms with Gasteiger partial charge in [0, 0.05) is 14.1 Å². The molecule has 0 saturated carbocycles. The SMILES string of the molecule is CN(C)S(=O)(=O)c1ccc(Cl)c(NC(=O)COc2ccc(F)cc2)c1. The van der Waals surface area contributed by atoms with Crippen molar-refractivity contribution in [3.63, 3.8) is 0 Å². The first-order valence-corrected chi connectivity index (χ1v) is 8.92. The fourth-order valence-electron chi connectivity index (χ4n) is 1.84. The number of rotatable bonds is 6. The highest BCUT2D eigenvalue weighted by atomic mass is 35.5. The second-order valence-corrected chi connectivity index (χ2v) is 7.78. The van der Waals surface area contributed by atoms with Gasteiger partial charge in [-0.25, -0.2) is 17.1 Å². The Morgan fingerprint density at radius 1 is 1.20 bits per heavy atom. The van der Waals surface area contributed by atoms with E-state index < -0.39 is 21.7 Å². The molecule has 0 fully saturated rings. The number of halogens is 2. The van der Waals surface area contributed by atoms with Gasteiger partial charge in [0.15, 0.2) is 6.61 Å². The molecule has 6 nitrogen and oxygen atoms in total. The lowest BCUT2D eigenvalue weighted by molar-refractivity contribution is -0.118. The van der Waals surface area contributed by atoms with Gasteiger partial charge in [0.25, 0.3) is 5.91 Å². The molecule has 1 amide bonds. The number of hydrogen-bond donors (Lipinski definition) is 1. The summed E-state index contributed by atoms with van der Waals surface area (Å²) in [6.45, 7) is -0.341. The van der Waals surface area contributed by atoms with Crippen molar-refractivity contribution in [1.82, 2.24) is 4.31 Å². The highest BCUT2D eigenvalue weighted by Gasteiger charge is 2.19. The summed E-state index contributed by atoms with van der Waals surface area (Å²) < 4.78 is 43.4. The first-order chi connectivity index (χ1) is 11.7. The second kappa shape index (κ2) is 7.81. The van der Waals surface area contributed by atoms with E-state index in [0.29, 0.717) is 5.75 Å². The van der Waals surface area contributed by atoms with Gasteiger partial charge in [-0.05, 0) is 42.5 Å². The van der Waals surface area contributed by atoms with Crippen LogP contribution in [-0.4, -0.2) is 39.3 Å². The number of carbonyl (C=O) groups excluding carboxylic acids is 1. The van der Waals surface area contributed by atoms with Crippen LogP contribution < -0.4 is 10.1 Å². The van der Waals surface area contributed by atoms with E-state index in [9.17, 15) is 17.6 Å². The third-order valence-corrected chi connectivity index (χ3v) is 5.31. The molecule has 0 unspecified atom stereocenters. The van der Waals surface area contributed by atoms with Crippen molar-refractivity contribution >= 4 is 33.2 Å². The minimum Gasteiger partial charge on any atom is -0.484 e. The molecule has 25 heavy (non-hydrogen) atoms. The highest BCUT2D eigenvalue weighted by Crippen LogP contribution is 2.26. The first kappa shape index (κ1) is 19.2. The number of benzene rings is 2. The number of ether oxygens (including phenoxy) is 1. The number of nitrogens with zero attached hydrogens (tertiary/aromatic N) is 1. The van der Waals surface area contributed by atoms with Crippen LogP contribution >= 0.6 is 11.6 Å². The van der Waals surface area contributed by atoms with Crippen molar-refractivity contribution in [2.75, 3.05) is 26.0 Å². The predicted molar refractivity (Wildman–Crippen MR) is 92.8 cm³/mol. The molecule has 0 radical (unpaired) electrons. The van der Waals surface area contributed by atoms with Gasteiger partial charge < -0.3 is 10.1 Å². The number of hydrogen-bond acceptors (Lipinski definition) is 4. The minimum absolute atomic E-state index is 0.00310. The van der Waals surface area contributed by atoms with Crippen LogP contribution in [0.4, 0.5) is 10.1 Å². The summed E-state index contributed by atoms with van der Waals surface area (Å²) >= 11 is 6.00. The van der Waals surface area contributed by atoms with E-state index in [2.05, 4.69) is 5.32 Å². The molecule has 0 heterocycles. The van der Waals surface area contributed by atoms with Crippen LogP contribution in [0.3, 0.4) is 0 Å². The molecular formula is C16H16ClFN2O4S. The number of nitrogens with one attached hydrogen (secondary N) is 1. The maximum Gasteiger partial charge on any atom is 0.262 e. The summed E-state index contributed by atoms with van der Waals surface area (Å²) in [4.78, 5) is 12.0. The third kappa shape index (κ3) is 4.91. The van der Waals surface area contributed by atoms with Crippen LogP contribution in [0.15, 0.2) is 47.4 Å². The Labute approximate surface area is 150 Å². The van der Waals surface area contributed by atoms with E-state index in [1.807, 2.05) is 0 Å². The summed E-state index contributed by atoms with van der Waals surface area (Å²) in [7, 11) is -0.852. The lowest BCUT2D eigenvalue weighted by atomic mass is 10.3. The van der Waals surface area contributed by atoms with E-state index in [0.717, 1.165) is 4.31 Å². The molecule has 9 heteroatoms. The molecule has 0 saturated heterocycles. The zero-order valence-corrected chi connectivity index (χ0v) is 15.1. The zero-order chi connectivity index (χ0) is 18.6. The van der Waals surface area contributed by atoms with Crippen LogP contribution in [0.25, 0.3) is 0 Å². The number of amides is 1. The van der Waals surface area contributed by atoms with Crippen LogP contribution in [0.2, 0.25) is 5.02 Å². The Kier molecular flexibility index (Phi) is 5.99. The Hall–Kier alpha value is -2.16. The van der Waals surface area contributed by atoms with E-state index >= 15 is 0 Å². The van der Waals surface area contributed by atoms with Crippen molar-refractivity contribution in [2.45, 2.75) is 4.90 Å². The Morgan fingerprint density at radius 3 is 2.44 bits per heavy atom. The molecule has 2 aromatic carbocycles. The minimum atomic E-state index is -3.65. The summed E-state index contributed by atoms with van der Waals surface area (Å²) in [5, 5.41) is 2.68. The quantitative estimate of drug-likeness (QED) is 0.828. The van der Waals surface area contributed by atoms with Crippen LogP contribution in [-0.2, 0) is 14.8 Å². The van der Waals surface area contributed by atoms with Gasteiger partial charge in [-0.2, -0.15) is 0 Å². The fraction of sp³-hybridized carbons (Fsp3) is 0.188. The molecule has 0 aliphatic heterocycles. The normalized spacial score (nSPS) is 11.4. The van der Waals surface area contributed by atoms with Gasteiger partial charge in [-0.15, -0.1) is 0 Å². The van der Waals surface area contributed by atoms with Crippen LogP contribution in [0.5, 0.6) is 5.75 Å². The molecule has 134 valence electrons. The third-order valence-electron chi connectivity index (χ3n) is 3.17. The second-order valence-electron chi connectivity index (χ2n) is 5.22. The Balaban J connectivity index is 2.08. The standard InChI is InChI=1S/C16H16ClFN2O4S/c1-20(2)25(22,23)13-7-8-14(17)15(9-13)19-16(21)10-24-12-5-3-11(18)4-6-12/h3-9H,10H2,1-2H3,(H,19,21). The molecule has 0 atom stereocenters. The topological polar surface area (TPSA) is 75.7 Å². The van der Waals surface area contributed by atoms with Crippen LogP contribution in [0, 0.1) is 5.82 Å². The number of anilines is 1. The highest BCUT2D eigenvalue weighted by molar-refractivity contribution is 7.89. The Bertz CT molecular complexity index is 870. The molecular weight excluding hydrogens is 371 g/mol. The summed E-state index contributed by atoms with van der Waals surface area (Å²) in [5.74, 6) is -0.625. The van der Waals surface area contributed by atoms with Crippen molar-refractivity contribution in [2.24, 2.45) is 0 Å². The lowest BCUT2D eigenvalue weighted by Crippen LogP contribution is -2.23. The average Bonchev–Trinajstić information content (AvgIpc) is 2.56. The van der Waals surface area contributed by atoms with Crippen LogP contribution in [0.1, 0.15) is 0 Å². The van der Waals surface area contributed by atoms with E-state index in [4.69, 9.17) is 16.3 Å². The zero-order valence-electron chi connectivity index (χ0n) is 13.5. The first-order valence-electron chi connectivity index (χ1n) is 7.10. The van der Waals surface area contributed by atoms with E-state index in [-0.39, 0.29) is 22.2 Å². The van der Waals surface area contributed by atoms with E-state index in [1.165, 1.54) is 56.6 Å². The van der Waals surface area contributed by atoms with Gasteiger partial charge in [-0.1, -0.05) is 11.6 Å². The molecule has 0 aliphatic rings. The number of sulfonamides is 1. The van der Waals surface area contributed by atoms with Gasteiger partial charge in [0.1, 0.15) is 11.6 Å². The average molecular weight is 387 g/mol. The molecule has 0 spiro atoms. The van der Waals surface area contributed by atoms with Gasteiger partial charge in [0.05, 0.1) is 15.6 Å². The molecule has 1 N–H and O–H groups in total. The smallest absolute Gasteiger partial charge is 0.262 e. The molecule has 2 rings (SSSR count). The molecule has 2 aromatic rings. The fourth-order valence-corrected chi connectivity index (χ4v) is 2.93. The van der Waals surface area contributed by atoms with Crippen molar-refractivity contribution < 1.29 is 22.3 Å². The molecule has 0 aliphatic carbocycles. The number of carbonyl (C=O) groups is 1. The van der Waals surface area contributed by atoms with Gasteiger partial charge in [-0.3, -0.25) is 4.79 Å². The van der Waals surface area contributed by atoms with Crippen molar-refractivity contribution in [3.05, 3.63) is 53.3 Å². The van der Waals surface area contributed by atoms with Crippen molar-refractivity contribution in [3.8, 4) is 5.75 Å².